The van der Waals surface area contributed by atoms with Gasteiger partial charge in [-0.3, -0.25) is 14.5 Å². The van der Waals surface area contributed by atoms with Crippen LogP contribution in [0.3, 0.4) is 0 Å². The zero-order valence-electron chi connectivity index (χ0n) is 26.9. The monoisotopic (exact) mass is 712 g/mol. The number of benzene rings is 2. The molecule has 252 valence electrons. The Balaban J connectivity index is 0.000000178. The molecule has 47 heavy (non-hydrogen) atoms. The predicted molar refractivity (Wildman–Crippen MR) is 179 cm³/mol. The SMILES string of the molecule is CC1(C)CCC(=O)NC1.Cc1c(Cl)nc2cc(F)cc(F)c2c1Cl.Cc1c(N2CC(C)(C)CCC2=O)nc2cc(F)cc(F)c2c1Cl. The number of halogens is 7. The van der Waals surface area contributed by atoms with E-state index in [1.54, 1.807) is 18.7 Å². The maximum atomic E-state index is 14.0. The first-order chi connectivity index (χ1) is 21.8. The highest BCUT2D eigenvalue weighted by Crippen LogP contribution is 2.38. The van der Waals surface area contributed by atoms with Gasteiger partial charge in [-0.2, -0.15) is 0 Å². The van der Waals surface area contributed by atoms with E-state index in [0.29, 0.717) is 41.7 Å². The number of piperidine rings is 2. The third-order valence-corrected chi connectivity index (χ3v) is 9.52. The molecule has 2 aliphatic heterocycles. The van der Waals surface area contributed by atoms with Gasteiger partial charge in [-0.05, 0) is 37.5 Å². The summed E-state index contributed by atoms with van der Waals surface area (Å²) >= 11 is 17.9. The zero-order chi connectivity index (χ0) is 35.0. The van der Waals surface area contributed by atoms with Crippen LogP contribution in [0.15, 0.2) is 24.3 Å². The van der Waals surface area contributed by atoms with Crippen LogP contribution >= 0.6 is 34.8 Å². The van der Waals surface area contributed by atoms with Crippen molar-refractivity contribution in [3.05, 3.63) is 73.9 Å². The van der Waals surface area contributed by atoms with E-state index in [1.165, 1.54) is 0 Å². The third kappa shape index (κ3) is 8.45. The molecule has 6 nitrogen and oxygen atoms in total. The van der Waals surface area contributed by atoms with E-state index >= 15 is 0 Å². The van der Waals surface area contributed by atoms with Crippen LogP contribution in [0.5, 0.6) is 0 Å². The van der Waals surface area contributed by atoms with Gasteiger partial charge in [0.1, 0.15) is 34.2 Å². The Morgan fingerprint density at radius 3 is 1.77 bits per heavy atom. The standard InChI is InChI=1S/C17H17ClF2N2O.C10H5Cl2F2N.C7H13NO/c1-9-15(18)14-11(20)6-10(19)7-12(14)21-16(9)22-8-17(2,3)5-4-13(22)23;1-4-9(11)8-6(14)2-5(13)3-7(8)15-10(4)12;1-7(2)4-3-6(9)8-5-7/h6-7H,4-5,8H2,1-3H3;2-3H,1H3;3-5H2,1-2H3,(H,8,9). The number of carbonyl (C=O) groups excluding carboxylic acids is 2. The highest BCUT2D eigenvalue weighted by molar-refractivity contribution is 6.39. The van der Waals surface area contributed by atoms with Crippen molar-refractivity contribution >= 4 is 74.2 Å². The lowest BCUT2D eigenvalue weighted by molar-refractivity contribution is -0.124. The topological polar surface area (TPSA) is 75.2 Å². The van der Waals surface area contributed by atoms with Gasteiger partial charge < -0.3 is 5.32 Å². The molecule has 2 fully saturated rings. The third-order valence-electron chi connectivity index (χ3n) is 8.21. The second kappa shape index (κ2) is 14.1. The Morgan fingerprint density at radius 2 is 1.26 bits per heavy atom. The Hall–Kier alpha value is -3.21. The smallest absolute Gasteiger partial charge is 0.228 e. The summed E-state index contributed by atoms with van der Waals surface area (Å²) in [5.74, 6) is -2.38. The molecule has 4 heterocycles. The average molecular weight is 714 g/mol. The van der Waals surface area contributed by atoms with Crippen LogP contribution in [0.4, 0.5) is 23.4 Å². The number of pyridine rings is 2. The van der Waals surface area contributed by atoms with Crippen molar-refractivity contribution in [3.8, 4) is 0 Å². The van der Waals surface area contributed by atoms with Crippen LogP contribution in [0.25, 0.3) is 21.8 Å². The van der Waals surface area contributed by atoms with Crippen LogP contribution in [0.1, 0.15) is 64.5 Å². The molecule has 0 aliphatic carbocycles. The van der Waals surface area contributed by atoms with Crippen molar-refractivity contribution in [1.82, 2.24) is 15.3 Å². The van der Waals surface area contributed by atoms with Gasteiger partial charge >= 0.3 is 0 Å². The highest BCUT2D eigenvalue weighted by atomic mass is 35.5. The number of carbonyl (C=O) groups is 2. The second-order valence-electron chi connectivity index (χ2n) is 13.4. The van der Waals surface area contributed by atoms with Gasteiger partial charge in [-0.15, -0.1) is 0 Å². The lowest BCUT2D eigenvalue weighted by Crippen LogP contribution is -2.44. The number of nitrogens with one attached hydrogen (secondary N) is 1. The highest BCUT2D eigenvalue weighted by Gasteiger charge is 2.34. The first-order valence-corrected chi connectivity index (χ1v) is 16.1. The van der Waals surface area contributed by atoms with Crippen molar-refractivity contribution in [3.63, 3.8) is 0 Å². The van der Waals surface area contributed by atoms with Crippen LogP contribution in [0.2, 0.25) is 15.2 Å². The zero-order valence-corrected chi connectivity index (χ0v) is 29.1. The van der Waals surface area contributed by atoms with Crippen LogP contribution in [-0.2, 0) is 9.59 Å². The van der Waals surface area contributed by atoms with Crippen molar-refractivity contribution in [2.24, 2.45) is 10.8 Å². The van der Waals surface area contributed by atoms with E-state index in [2.05, 4.69) is 43.0 Å². The van der Waals surface area contributed by atoms with Gasteiger partial charge in [-0.1, -0.05) is 62.5 Å². The van der Waals surface area contributed by atoms with Gasteiger partial charge in [0, 0.05) is 61.3 Å². The fraction of sp³-hybridized carbons (Fsp3) is 0.412. The average Bonchev–Trinajstić information content (AvgIpc) is 2.96. The lowest BCUT2D eigenvalue weighted by atomic mass is 9.83. The van der Waals surface area contributed by atoms with E-state index in [1.807, 2.05) is 0 Å². The summed E-state index contributed by atoms with van der Waals surface area (Å²) in [5.41, 5.74) is 1.52. The Kier molecular flexibility index (Phi) is 11.0. The van der Waals surface area contributed by atoms with Gasteiger partial charge in [0.2, 0.25) is 11.8 Å². The van der Waals surface area contributed by atoms with E-state index < -0.39 is 23.3 Å². The predicted octanol–water partition coefficient (Wildman–Crippen LogP) is 9.68. The number of hydrogen-bond donors (Lipinski definition) is 1. The molecular formula is C34H35Cl3F4N4O2. The minimum atomic E-state index is -0.752. The Bertz CT molecular complexity index is 1870. The molecule has 0 bridgehead atoms. The number of fused-ring (bicyclic) bond motifs is 2. The molecular weight excluding hydrogens is 679 g/mol. The largest absolute Gasteiger partial charge is 0.356 e. The Morgan fingerprint density at radius 1 is 0.745 bits per heavy atom. The molecule has 2 aliphatic rings. The molecule has 2 aromatic heterocycles. The molecule has 6 rings (SSSR count). The summed E-state index contributed by atoms with van der Waals surface area (Å²) < 4.78 is 53.8. The Labute approximate surface area is 285 Å². The van der Waals surface area contributed by atoms with E-state index in [-0.39, 0.29) is 54.2 Å². The summed E-state index contributed by atoms with van der Waals surface area (Å²) in [5, 5.41) is 3.50. The molecule has 0 radical (unpaired) electrons. The summed E-state index contributed by atoms with van der Waals surface area (Å²) in [6, 6.07) is 3.77. The van der Waals surface area contributed by atoms with Crippen molar-refractivity contribution in [2.45, 2.75) is 67.2 Å². The minimum absolute atomic E-state index is 0.0450. The van der Waals surface area contributed by atoms with E-state index in [4.69, 9.17) is 34.8 Å². The normalized spacial score (nSPS) is 17.1. The number of hydrogen-bond acceptors (Lipinski definition) is 4. The maximum absolute atomic E-state index is 14.0. The number of aromatic nitrogens is 2. The lowest BCUT2D eigenvalue weighted by Gasteiger charge is -2.37. The van der Waals surface area contributed by atoms with Gasteiger partial charge in [-0.25, -0.2) is 27.5 Å². The maximum Gasteiger partial charge on any atom is 0.228 e. The van der Waals surface area contributed by atoms with Crippen LogP contribution < -0.4 is 10.2 Å². The quantitative estimate of drug-likeness (QED) is 0.158. The van der Waals surface area contributed by atoms with Gasteiger partial charge in [0.15, 0.2) is 0 Å². The summed E-state index contributed by atoms with van der Waals surface area (Å²) in [6.45, 7) is 13.2. The number of rotatable bonds is 1. The van der Waals surface area contributed by atoms with E-state index in [0.717, 1.165) is 43.7 Å². The minimum Gasteiger partial charge on any atom is -0.356 e. The van der Waals surface area contributed by atoms with Crippen LogP contribution in [-0.4, -0.2) is 34.9 Å². The fourth-order valence-corrected chi connectivity index (χ4v) is 6.06. The molecule has 1 N–H and O–H groups in total. The molecule has 4 aromatic rings. The molecule has 0 atom stereocenters. The summed E-state index contributed by atoms with van der Waals surface area (Å²) in [4.78, 5) is 32.7. The second-order valence-corrected chi connectivity index (χ2v) is 14.5. The first-order valence-electron chi connectivity index (χ1n) is 14.9. The van der Waals surface area contributed by atoms with Crippen molar-refractivity contribution < 1.29 is 27.2 Å². The molecule has 0 unspecified atom stereocenters. The van der Waals surface area contributed by atoms with Crippen molar-refractivity contribution in [1.29, 1.82) is 0 Å². The van der Waals surface area contributed by atoms with Crippen molar-refractivity contribution in [2.75, 3.05) is 18.0 Å². The fourth-order valence-electron chi connectivity index (χ4n) is 5.28. The molecule has 0 saturated carbocycles. The molecule has 2 amide bonds. The number of anilines is 1. The summed E-state index contributed by atoms with van der Waals surface area (Å²) in [6.07, 6.45) is 2.94. The molecule has 2 aromatic carbocycles. The summed E-state index contributed by atoms with van der Waals surface area (Å²) in [7, 11) is 0. The first kappa shape index (κ1) is 36.6. The van der Waals surface area contributed by atoms with Crippen LogP contribution in [0, 0.1) is 47.9 Å². The van der Waals surface area contributed by atoms with E-state index in [9.17, 15) is 27.2 Å². The molecule has 2 saturated heterocycles. The van der Waals surface area contributed by atoms with Gasteiger partial charge in [0.05, 0.1) is 31.9 Å². The van der Waals surface area contributed by atoms with Gasteiger partial charge in [0.25, 0.3) is 0 Å². The molecule has 13 heteroatoms. The number of nitrogens with zero attached hydrogens (tertiary/aromatic N) is 3. The number of amides is 2. The molecule has 0 spiro atoms.